The molecule has 0 spiro atoms. The third-order valence-corrected chi connectivity index (χ3v) is 6.82. The maximum absolute atomic E-state index is 12.5. The first-order valence-electron chi connectivity index (χ1n) is 8.52. The summed E-state index contributed by atoms with van der Waals surface area (Å²) in [6.07, 6.45) is 10.2. The smallest absolute Gasteiger partial charge is 0.222 e. The number of aryl methyl sites for hydroxylation is 1. The van der Waals surface area contributed by atoms with Crippen LogP contribution < -0.4 is 5.32 Å². The molecular weight excluding hydrogens is 342 g/mol. The van der Waals surface area contributed by atoms with Crippen LogP contribution in [0.5, 0.6) is 0 Å². The molecule has 0 aromatic carbocycles. The Labute approximate surface area is 140 Å². The van der Waals surface area contributed by atoms with Gasteiger partial charge >= 0.3 is 0 Å². The summed E-state index contributed by atoms with van der Waals surface area (Å²) in [5.74, 6) is 2.82. The zero-order valence-electron chi connectivity index (χ0n) is 13.1. The van der Waals surface area contributed by atoms with Crippen molar-refractivity contribution in [3.8, 4) is 0 Å². The Morgan fingerprint density at radius 2 is 1.91 bits per heavy atom. The normalized spacial score (nSPS) is 35.8. The van der Waals surface area contributed by atoms with Gasteiger partial charge in [-0.2, -0.15) is 5.10 Å². The fourth-order valence-corrected chi connectivity index (χ4v) is 5.77. The summed E-state index contributed by atoms with van der Waals surface area (Å²) in [5, 5.41) is 7.73. The van der Waals surface area contributed by atoms with Crippen LogP contribution in [0, 0.1) is 24.7 Å². The molecule has 120 valence electrons. The molecule has 4 saturated carbocycles. The Kier molecular flexibility index (Phi) is 3.59. The van der Waals surface area contributed by atoms with E-state index in [1.54, 1.807) is 6.20 Å². The zero-order chi connectivity index (χ0) is 15.3. The van der Waals surface area contributed by atoms with Crippen LogP contribution in [0.4, 0.5) is 0 Å². The van der Waals surface area contributed by atoms with Gasteiger partial charge in [0.05, 0.1) is 10.7 Å². The van der Waals surface area contributed by atoms with E-state index in [-0.39, 0.29) is 11.4 Å². The molecule has 0 radical (unpaired) electrons. The summed E-state index contributed by atoms with van der Waals surface area (Å²) in [6.45, 7) is 2.68. The van der Waals surface area contributed by atoms with Crippen molar-refractivity contribution in [3.05, 3.63) is 16.4 Å². The number of hydrogen-bond donors (Lipinski definition) is 1. The van der Waals surface area contributed by atoms with Crippen LogP contribution in [0.15, 0.2) is 10.7 Å². The third kappa shape index (κ3) is 2.61. The molecule has 4 bridgehead atoms. The molecule has 5 heteroatoms. The quantitative estimate of drug-likeness (QED) is 0.888. The van der Waals surface area contributed by atoms with E-state index in [0.717, 1.165) is 27.9 Å². The highest BCUT2D eigenvalue weighted by Gasteiger charge is 2.51. The molecule has 4 fully saturated rings. The van der Waals surface area contributed by atoms with Crippen molar-refractivity contribution in [1.29, 1.82) is 0 Å². The number of rotatable bonds is 4. The maximum Gasteiger partial charge on any atom is 0.222 e. The van der Waals surface area contributed by atoms with Gasteiger partial charge in [0.2, 0.25) is 5.91 Å². The van der Waals surface area contributed by atoms with Crippen LogP contribution in [0.3, 0.4) is 0 Å². The lowest BCUT2D eigenvalue weighted by atomic mass is 9.53. The van der Waals surface area contributed by atoms with Gasteiger partial charge in [0.15, 0.2) is 0 Å². The minimum atomic E-state index is 0.131. The average Bonchev–Trinajstić information content (AvgIpc) is 2.74. The first-order valence-corrected chi connectivity index (χ1v) is 9.31. The average molecular weight is 366 g/mol. The minimum Gasteiger partial charge on any atom is -0.351 e. The Bertz CT molecular complexity index is 559. The van der Waals surface area contributed by atoms with E-state index in [0.29, 0.717) is 13.0 Å². The number of nitrogens with zero attached hydrogens (tertiary/aromatic N) is 2. The van der Waals surface area contributed by atoms with E-state index in [9.17, 15) is 4.79 Å². The number of nitrogens with one attached hydrogen (secondary N) is 1. The van der Waals surface area contributed by atoms with Crippen LogP contribution in [0.25, 0.3) is 0 Å². The molecule has 22 heavy (non-hydrogen) atoms. The second kappa shape index (κ2) is 5.36. The molecule has 1 aromatic heterocycles. The molecule has 4 aliphatic rings. The molecule has 1 aromatic rings. The molecule has 0 atom stereocenters. The van der Waals surface area contributed by atoms with Gasteiger partial charge in [-0.3, -0.25) is 9.48 Å². The van der Waals surface area contributed by atoms with Crippen molar-refractivity contribution in [2.45, 2.75) is 64.0 Å². The summed E-state index contributed by atoms with van der Waals surface area (Å²) in [5.41, 5.74) is 1.22. The summed E-state index contributed by atoms with van der Waals surface area (Å²) in [4.78, 5) is 12.5. The third-order valence-electron chi connectivity index (χ3n) is 6.04. The molecule has 0 unspecified atom stereocenters. The summed E-state index contributed by atoms with van der Waals surface area (Å²) >= 11 is 3.46. The van der Waals surface area contributed by atoms with Gasteiger partial charge < -0.3 is 5.32 Å². The first-order chi connectivity index (χ1) is 10.5. The molecule has 0 saturated heterocycles. The van der Waals surface area contributed by atoms with Gasteiger partial charge in [0, 0.05) is 24.2 Å². The number of halogens is 1. The lowest BCUT2D eigenvalue weighted by molar-refractivity contribution is -0.127. The van der Waals surface area contributed by atoms with Crippen LogP contribution >= 0.6 is 15.9 Å². The van der Waals surface area contributed by atoms with Crippen molar-refractivity contribution < 1.29 is 4.79 Å². The molecule has 4 nitrogen and oxygen atoms in total. The topological polar surface area (TPSA) is 46.9 Å². The van der Waals surface area contributed by atoms with E-state index in [1.807, 2.05) is 11.6 Å². The monoisotopic (exact) mass is 365 g/mol. The van der Waals surface area contributed by atoms with Crippen molar-refractivity contribution >= 4 is 21.8 Å². The molecule has 1 N–H and O–H groups in total. The zero-order valence-corrected chi connectivity index (χ0v) is 14.7. The number of amides is 1. The molecule has 5 rings (SSSR count). The molecule has 0 aliphatic heterocycles. The Hall–Kier alpha value is -0.840. The van der Waals surface area contributed by atoms with E-state index >= 15 is 0 Å². The second-order valence-corrected chi connectivity index (χ2v) is 8.65. The Balaban J connectivity index is 1.37. The summed E-state index contributed by atoms with van der Waals surface area (Å²) in [7, 11) is 0. The summed E-state index contributed by atoms with van der Waals surface area (Å²) in [6, 6.07) is 0. The standard InChI is InChI=1S/C17H24BrN3O/c1-11-15(18)10-19-21(11)3-2-16(22)20-17-7-12-4-13(8-17)6-14(5-12)9-17/h10,12-14H,2-9H2,1H3,(H,20,22). The molecule has 1 amide bonds. The number of hydrogen-bond acceptors (Lipinski definition) is 2. The van der Waals surface area contributed by atoms with Gasteiger partial charge in [0.1, 0.15) is 0 Å². The Morgan fingerprint density at radius 3 is 2.41 bits per heavy atom. The predicted octanol–water partition coefficient (Wildman–Crippen LogP) is 3.43. The number of aromatic nitrogens is 2. The highest BCUT2D eigenvalue weighted by Crippen LogP contribution is 2.55. The maximum atomic E-state index is 12.5. The van der Waals surface area contributed by atoms with Gasteiger partial charge in [0.25, 0.3) is 0 Å². The second-order valence-electron chi connectivity index (χ2n) is 7.80. The van der Waals surface area contributed by atoms with Gasteiger partial charge in [-0.05, 0) is 79.1 Å². The molecular formula is C17H24BrN3O. The van der Waals surface area contributed by atoms with E-state index in [4.69, 9.17) is 0 Å². The van der Waals surface area contributed by atoms with Gasteiger partial charge in [-0.15, -0.1) is 0 Å². The van der Waals surface area contributed by atoms with Crippen molar-refractivity contribution in [1.82, 2.24) is 15.1 Å². The lowest BCUT2D eigenvalue weighted by Gasteiger charge is -2.56. The highest BCUT2D eigenvalue weighted by molar-refractivity contribution is 9.10. The fourth-order valence-electron chi connectivity index (χ4n) is 5.48. The van der Waals surface area contributed by atoms with E-state index in [1.165, 1.54) is 38.5 Å². The van der Waals surface area contributed by atoms with Crippen LogP contribution in [-0.4, -0.2) is 21.2 Å². The van der Waals surface area contributed by atoms with Gasteiger partial charge in [-0.1, -0.05) is 0 Å². The minimum absolute atomic E-state index is 0.131. The lowest BCUT2D eigenvalue weighted by Crippen LogP contribution is -2.59. The van der Waals surface area contributed by atoms with Crippen molar-refractivity contribution in [3.63, 3.8) is 0 Å². The van der Waals surface area contributed by atoms with Crippen molar-refractivity contribution in [2.75, 3.05) is 0 Å². The fraction of sp³-hybridized carbons (Fsp3) is 0.765. The van der Waals surface area contributed by atoms with Gasteiger partial charge in [-0.25, -0.2) is 0 Å². The van der Waals surface area contributed by atoms with Crippen LogP contribution in [0.2, 0.25) is 0 Å². The van der Waals surface area contributed by atoms with Crippen molar-refractivity contribution in [2.24, 2.45) is 17.8 Å². The molecule has 1 heterocycles. The first kappa shape index (κ1) is 14.7. The molecule has 4 aliphatic carbocycles. The number of carbonyl (C=O) groups is 1. The highest BCUT2D eigenvalue weighted by atomic mass is 79.9. The van der Waals surface area contributed by atoms with E-state index in [2.05, 4.69) is 26.3 Å². The van der Waals surface area contributed by atoms with Crippen LogP contribution in [0.1, 0.15) is 50.6 Å². The SMILES string of the molecule is Cc1c(Br)cnn1CCC(=O)NC12CC3CC(CC(C3)C1)C2. The largest absolute Gasteiger partial charge is 0.351 e. The van der Waals surface area contributed by atoms with Crippen LogP contribution in [-0.2, 0) is 11.3 Å². The number of carbonyl (C=O) groups excluding carboxylic acids is 1. The predicted molar refractivity (Wildman–Crippen MR) is 88.3 cm³/mol. The summed E-state index contributed by atoms with van der Waals surface area (Å²) < 4.78 is 2.91. The van der Waals surface area contributed by atoms with E-state index < -0.39 is 0 Å². The Morgan fingerprint density at radius 1 is 1.32 bits per heavy atom.